The van der Waals surface area contributed by atoms with Crippen LogP contribution in [0.3, 0.4) is 0 Å². The quantitative estimate of drug-likeness (QED) is 0.795. The summed E-state index contributed by atoms with van der Waals surface area (Å²) in [5, 5.41) is 11.7. The van der Waals surface area contributed by atoms with E-state index in [0.717, 1.165) is 12.8 Å². The smallest absolute Gasteiger partial charge is 0.309 e. The average Bonchev–Trinajstić information content (AvgIpc) is 2.77. The Morgan fingerprint density at radius 3 is 2.68 bits per heavy atom. The third-order valence-corrected chi connectivity index (χ3v) is 3.08. The molecule has 0 aromatic carbocycles. The predicted octanol–water partition coefficient (Wildman–Crippen LogP) is 2.46. The van der Waals surface area contributed by atoms with E-state index >= 15 is 0 Å². The third kappa shape index (κ3) is 4.12. The lowest BCUT2D eigenvalue weighted by Crippen LogP contribution is -2.32. The summed E-state index contributed by atoms with van der Waals surface area (Å²) in [7, 11) is 0. The van der Waals surface area contributed by atoms with Gasteiger partial charge in [0.25, 0.3) is 5.91 Å². The first-order chi connectivity index (χ1) is 8.88. The Morgan fingerprint density at radius 1 is 1.42 bits per heavy atom. The number of hydrogen-bond acceptors (Lipinski definition) is 3. The zero-order valence-corrected chi connectivity index (χ0v) is 11.7. The number of carbonyl (C=O) groups is 2. The van der Waals surface area contributed by atoms with Gasteiger partial charge in [-0.05, 0) is 32.8 Å². The third-order valence-electron chi connectivity index (χ3n) is 3.08. The summed E-state index contributed by atoms with van der Waals surface area (Å²) < 4.78 is 5.26. The molecule has 0 saturated carbocycles. The second-order valence-corrected chi connectivity index (χ2v) is 5.20. The minimum atomic E-state index is -0.864. The minimum Gasteiger partial charge on any atom is -0.481 e. The lowest BCUT2D eigenvalue weighted by Gasteiger charge is -2.18. The Balaban J connectivity index is 2.52. The second kappa shape index (κ2) is 6.41. The van der Waals surface area contributed by atoms with E-state index in [1.165, 1.54) is 6.26 Å². The molecule has 19 heavy (non-hydrogen) atoms. The topological polar surface area (TPSA) is 79.5 Å². The van der Waals surface area contributed by atoms with Crippen LogP contribution in [-0.2, 0) is 11.2 Å². The van der Waals surface area contributed by atoms with Crippen molar-refractivity contribution in [2.45, 2.75) is 40.0 Å². The van der Waals surface area contributed by atoms with Gasteiger partial charge in [-0.2, -0.15) is 0 Å². The van der Waals surface area contributed by atoms with Crippen molar-refractivity contribution >= 4 is 11.9 Å². The average molecular weight is 267 g/mol. The van der Waals surface area contributed by atoms with Crippen molar-refractivity contribution < 1.29 is 19.1 Å². The number of furan rings is 1. The number of amides is 1. The van der Waals surface area contributed by atoms with Crippen LogP contribution in [0, 0.1) is 5.41 Å². The van der Waals surface area contributed by atoms with Crippen molar-refractivity contribution in [3.63, 3.8) is 0 Å². The molecule has 0 spiro atoms. The fourth-order valence-electron chi connectivity index (χ4n) is 1.65. The van der Waals surface area contributed by atoms with Crippen molar-refractivity contribution in [2.24, 2.45) is 5.41 Å². The highest BCUT2D eigenvalue weighted by atomic mass is 16.4. The number of rotatable bonds is 7. The van der Waals surface area contributed by atoms with Gasteiger partial charge >= 0.3 is 5.97 Å². The minimum absolute atomic E-state index is 0.210. The highest BCUT2D eigenvalue weighted by Gasteiger charge is 2.26. The molecule has 0 aliphatic heterocycles. The Bertz CT molecular complexity index is 448. The molecule has 106 valence electrons. The van der Waals surface area contributed by atoms with E-state index in [4.69, 9.17) is 9.52 Å². The molecular weight excluding hydrogens is 246 g/mol. The van der Waals surface area contributed by atoms with Crippen LogP contribution in [0.25, 0.3) is 0 Å². The first-order valence-corrected chi connectivity index (χ1v) is 6.46. The summed E-state index contributed by atoms with van der Waals surface area (Å²) in [5.74, 6) is -0.396. The molecule has 0 atom stereocenters. The Kier molecular flexibility index (Phi) is 5.15. The normalized spacial score (nSPS) is 11.3. The standard InChI is InChI=1S/C14H21NO4/c1-4-5-11-10(6-9-19-11)12(16)15-8-7-14(2,3)13(17)18/h6,9H,4-5,7-8H2,1-3H3,(H,15,16)(H,17,18). The van der Waals surface area contributed by atoms with Crippen LogP contribution in [-0.4, -0.2) is 23.5 Å². The van der Waals surface area contributed by atoms with Crippen LogP contribution in [0.1, 0.15) is 49.7 Å². The number of carboxylic acid groups (broad SMARTS) is 1. The maximum absolute atomic E-state index is 11.9. The molecule has 0 unspecified atom stereocenters. The molecule has 5 heteroatoms. The molecule has 1 aromatic heterocycles. The van der Waals surface area contributed by atoms with E-state index in [1.54, 1.807) is 19.9 Å². The van der Waals surface area contributed by atoms with Crippen LogP contribution in [0.5, 0.6) is 0 Å². The molecule has 0 saturated heterocycles. The van der Waals surface area contributed by atoms with Gasteiger partial charge in [-0.15, -0.1) is 0 Å². The molecule has 2 N–H and O–H groups in total. The molecule has 0 aliphatic rings. The van der Waals surface area contributed by atoms with Crippen molar-refractivity contribution in [2.75, 3.05) is 6.54 Å². The van der Waals surface area contributed by atoms with Gasteiger partial charge in [0.1, 0.15) is 5.76 Å². The van der Waals surface area contributed by atoms with Gasteiger partial charge in [0.15, 0.2) is 0 Å². The van der Waals surface area contributed by atoms with Crippen molar-refractivity contribution in [1.82, 2.24) is 5.32 Å². The van der Waals surface area contributed by atoms with E-state index in [2.05, 4.69) is 5.32 Å². The van der Waals surface area contributed by atoms with E-state index < -0.39 is 11.4 Å². The van der Waals surface area contributed by atoms with E-state index in [0.29, 0.717) is 24.3 Å². The first kappa shape index (κ1) is 15.3. The van der Waals surface area contributed by atoms with Gasteiger partial charge in [-0.25, -0.2) is 0 Å². The number of aryl methyl sites for hydroxylation is 1. The molecule has 5 nitrogen and oxygen atoms in total. The van der Waals surface area contributed by atoms with Gasteiger partial charge in [-0.3, -0.25) is 9.59 Å². The van der Waals surface area contributed by atoms with Crippen molar-refractivity contribution in [3.8, 4) is 0 Å². The summed E-state index contributed by atoms with van der Waals surface area (Å²) in [6.45, 7) is 5.62. The number of aliphatic carboxylic acids is 1. The number of carboxylic acids is 1. The predicted molar refractivity (Wildman–Crippen MR) is 71.1 cm³/mol. The van der Waals surface area contributed by atoms with Crippen molar-refractivity contribution in [1.29, 1.82) is 0 Å². The van der Waals surface area contributed by atoms with Crippen LogP contribution in [0.4, 0.5) is 0 Å². The monoisotopic (exact) mass is 267 g/mol. The summed E-state index contributed by atoms with van der Waals surface area (Å²) in [5.41, 5.74) is -0.300. The molecule has 1 heterocycles. The number of carbonyl (C=O) groups excluding carboxylic acids is 1. The van der Waals surface area contributed by atoms with Gasteiger partial charge in [0.05, 0.1) is 17.2 Å². The Hall–Kier alpha value is -1.78. The molecule has 1 aromatic rings. The summed E-state index contributed by atoms with van der Waals surface area (Å²) in [6, 6.07) is 1.64. The summed E-state index contributed by atoms with van der Waals surface area (Å²) in [4.78, 5) is 22.9. The van der Waals surface area contributed by atoms with Gasteiger partial charge in [-0.1, -0.05) is 6.92 Å². The van der Waals surface area contributed by atoms with Gasteiger partial charge in [0.2, 0.25) is 0 Å². The Morgan fingerprint density at radius 2 is 2.11 bits per heavy atom. The Labute approximate surface area is 113 Å². The van der Waals surface area contributed by atoms with E-state index in [9.17, 15) is 9.59 Å². The SMILES string of the molecule is CCCc1occc1C(=O)NCCC(C)(C)C(=O)O. The molecule has 0 bridgehead atoms. The van der Waals surface area contributed by atoms with Crippen molar-refractivity contribution in [3.05, 3.63) is 23.7 Å². The fourth-order valence-corrected chi connectivity index (χ4v) is 1.65. The van der Waals surface area contributed by atoms with Gasteiger partial charge < -0.3 is 14.8 Å². The second-order valence-electron chi connectivity index (χ2n) is 5.20. The number of hydrogen-bond donors (Lipinski definition) is 2. The molecular formula is C14H21NO4. The van der Waals surface area contributed by atoms with Crippen LogP contribution in [0.2, 0.25) is 0 Å². The first-order valence-electron chi connectivity index (χ1n) is 6.46. The largest absolute Gasteiger partial charge is 0.481 e. The fraction of sp³-hybridized carbons (Fsp3) is 0.571. The van der Waals surface area contributed by atoms with E-state index in [-0.39, 0.29) is 5.91 Å². The maximum Gasteiger partial charge on any atom is 0.309 e. The highest BCUT2D eigenvalue weighted by Crippen LogP contribution is 2.19. The zero-order valence-electron chi connectivity index (χ0n) is 11.7. The number of nitrogens with one attached hydrogen (secondary N) is 1. The highest BCUT2D eigenvalue weighted by molar-refractivity contribution is 5.95. The van der Waals surface area contributed by atoms with Gasteiger partial charge in [0, 0.05) is 13.0 Å². The zero-order chi connectivity index (χ0) is 14.5. The van der Waals surface area contributed by atoms with Crippen LogP contribution >= 0.6 is 0 Å². The molecule has 0 fully saturated rings. The van der Waals surface area contributed by atoms with Crippen LogP contribution < -0.4 is 5.32 Å². The molecule has 0 aliphatic carbocycles. The molecule has 1 amide bonds. The molecule has 1 rings (SSSR count). The lowest BCUT2D eigenvalue weighted by molar-refractivity contribution is -0.147. The lowest BCUT2D eigenvalue weighted by atomic mass is 9.90. The summed E-state index contributed by atoms with van der Waals surface area (Å²) >= 11 is 0. The van der Waals surface area contributed by atoms with Crippen LogP contribution in [0.15, 0.2) is 16.7 Å². The van der Waals surface area contributed by atoms with E-state index in [1.807, 2.05) is 6.92 Å². The molecule has 0 radical (unpaired) electrons. The summed E-state index contributed by atoms with van der Waals surface area (Å²) in [6.07, 6.45) is 3.51. The maximum atomic E-state index is 11.9.